The van der Waals surface area contributed by atoms with Crippen LogP contribution in [0.25, 0.3) is 0 Å². The Balaban J connectivity index is 2.43. The van der Waals surface area contributed by atoms with E-state index < -0.39 is 5.97 Å². The van der Waals surface area contributed by atoms with Gasteiger partial charge in [-0.25, -0.2) is 0 Å². The van der Waals surface area contributed by atoms with Gasteiger partial charge in [0.25, 0.3) is 0 Å². The van der Waals surface area contributed by atoms with Crippen molar-refractivity contribution >= 4 is 29.5 Å². The fourth-order valence-corrected chi connectivity index (χ4v) is 3.96. The number of carboxylic acids is 1. The van der Waals surface area contributed by atoms with Crippen LogP contribution >= 0.6 is 23.5 Å². The lowest BCUT2D eigenvalue weighted by Gasteiger charge is -2.30. The largest absolute Gasteiger partial charge is 0.481 e. The highest BCUT2D eigenvalue weighted by molar-refractivity contribution is 8.18. The van der Waals surface area contributed by atoms with E-state index in [4.69, 9.17) is 5.11 Å². The molecule has 1 fully saturated rings. The van der Waals surface area contributed by atoms with E-state index in [1.54, 1.807) is 23.5 Å². The molecule has 0 aromatic rings. The van der Waals surface area contributed by atoms with Crippen molar-refractivity contribution in [3.05, 3.63) is 0 Å². The van der Waals surface area contributed by atoms with Gasteiger partial charge in [-0.15, -0.1) is 23.5 Å². The van der Waals surface area contributed by atoms with Gasteiger partial charge in [0.1, 0.15) is 0 Å². The molecule has 0 aromatic carbocycles. The fourth-order valence-electron chi connectivity index (χ4n) is 1.05. The lowest BCUT2D eigenvalue weighted by molar-refractivity contribution is -0.137. The molecule has 0 atom stereocenters. The van der Waals surface area contributed by atoms with Gasteiger partial charge in [0.2, 0.25) is 0 Å². The third kappa shape index (κ3) is 2.95. The van der Waals surface area contributed by atoms with Crippen molar-refractivity contribution in [3.8, 4) is 0 Å². The van der Waals surface area contributed by atoms with Crippen LogP contribution in [-0.4, -0.2) is 26.7 Å². The second-order valence-electron chi connectivity index (χ2n) is 2.75. The Bertz CT molecular complexity index is 153. The Kier molecular flexibility index (Phi) is 3.13. The molecule has 4 heteroatoms. The predicted molar refractivity (Wildman–Crippen MR) is 50.2 cm³/mol. The minimum atomic E-state index is -0.686. The second-order valence-corrected chi connectivity index (χ2v) is 6.21. The van der Waals surface area contributed by atoms with Gasteiger partial charge in [-0.05, 0) is 24.9 Å². The molecule has 1 aliphatic rings. The minimum absolute atomic E-state index is 0.0654. The van der Waals surface area contributed by atoms with E-state index in [9.17, 15) is 4.79 Å². The molecule has 1 rings (SSSR count). The molecular formula is C7H12O2S2. The molecule has 64 valence electrons. The number of hydrogen-bond acceptors (Lipinski definition) is 3. The number of thioether (sulfide) groups is 2. The van der Waals surface area contributed by atoms with Gasteiger partial charge >= 0.3 is 5.97 Å². The maximum absolute atomic E-state index is 10.4. The van der Waals surface area contributed by atoms with Crippen LogP contribution in [0.2, 0.25) is 0 Å². The molecule has 0 radical (unpaired) electrons. The Morgan fingerprint density at radius 3 is 2.55 bits per heavy atom. The summed E-state index contributed by atoms with van der Waals surface area (Å²) in [4.78, 5) is 10.4. The van der Waals surface area contributed by atoms with E-state index in [0.29, 0.717) is 0 Å². The van der Waals surface area contributed by atoms with Gasteiger partial charge in [-0.2, -0.15) is 0 Å². The van der Waals surface area contributed by atoms with Gasteiger partial charge in [0.15, 0.2) is 0 Å². The molecule has 0 bridgehead atoms. The summed E-state index contributed by atoms with van der Waals surface area (Å²) in [6.45, 7) is 2.02. The van der Waals surface area contributed by atoms with E-state index in [1.807, 2.05) is 6.92 Å². The normalized spacial score (nSPS) is 23.0. The summed E-state index contributed by atoms with van der Waals surface area (Å²) < 4.78 is -0.0654. The number of hydrogen-bond donors (Lipinski definition) is 1. The van der Waals surface area contributed by atoms with Crippen LogP contribution in [0, 0.1) is 0 Å². The molecule has 2 nitrogen and oxygen atoms in total. The standard InChI is InChI=1S/C7H12O2S2/c1-7(5-6(8)9)10-3-2-4-11-7/h2-5H2,1H3,(H,8,9). The van der Waals surface area contributed by atoms with E-state index >= 15 is 0 Å². The van der Waals surface area contributed by atoms with Crippen LogP contribution in [0.1, 0.15) is 19.8 Å². The van der Waals surface area contributed by atoms with Crippen molar-refractivity contribution in [2.45, 2.75) is 23.8 Å². The van der Waals surface area contributed by atoms with Gasteiger partial charge in [0.05, 0.1) is 10.5 Å². The first kappa shape index (κ1) is 9.26. The Morgan fingerprint density at radius 1 is 1.55 bits per heavy atom. The lowest BCUT2D eigenvalue weighted by Crippen LogP contribution is -2.24. The van der Waals surface area contributed by atoms with Gasteiger partial charge in [-0.1, -0.05) is 0 Å². The van der Waals surface area contributed by atoms with Crippen molar-refractivity contribution in [3.63, 3.8) is 0 Å². The van der Waals surface area contributed by atoms with Crippen molar-refractivity contribution in [1.82, 2.24) is 0 Å². The Morgan fingerprint density at radius 2 is 2.09 bits per heavy atom. The molecule has 1 heterocycles. The lowest BCUT2D eigenvalue weighted by atomic mass is 10.3. The zero-order valence-electron chi connectivity index (χ0n) is 6.50. The van der Waals surface area contributed by atoms with E-state index in [1.165, 1.54) is 6.42 Å². The first-order chi connectivity index (χ1) is 5.12. The van der Waals surface area contributed by atoms with Gasteiger partial charge in [-0.3, -0.25) is 4.79 Å². The van der Waals surface area contributed by atoms with Crippen molar-refractivity contribution < 1.29 is 9.90 Å². The van der Waals surface area contributed by atoms with Crippen LogP contribution in [0.3, 0.4) is 0 Å². The number of carbonyl (C=O) groups is 1. The molecule has 1 aliphatic heterocycles. The third-order valence-corrected chi connectivity index (χ3v) is 4.78. The molecule has 0 unspecified atom stereocenters. The molecule has 11 heavy (non-hydrogen) atoms. The van der Waals surface area contributed by atoms with E-state index in [2.05, 4.69) is 0 Å². The van der Waals surface area contributed by atoms with Crippen molar-refractivity contribution in [1.29, 1.82) is 0 Å². The van der Waals surface area contributed by atoms with Crippen LogP contribution in [0.5, 0.6) is 0 Å². The summed E-state index contributed by atoms with van der Waals surface area (Å²) in [5.74, 6) is 1.53. The summed E-state index contributed by atoms with van der Waals surface area (Å²) in [6, 6.07) is 0. The van der Waals surface area contributed by atoms with Gasteiger partial charge < -0.3 is 5.11 Å². The average Bonchev–Trinajstić information content (AvgIpc) is 1.85. The molecular weight excluding hydrogens is 180 g/mol. The van der Waals surface area contributed by atoms with Crippen LogP contribution in [0.4, 0.5) is 0 Å². The highest BCUT2D eigenvalue weighted by Crippen LogP contribution is 2.44. The summed E-state index contributed by atoms with van der Waals surface area (Å²) in [7, 11) is 0. The zero-order chi connectivity index (χ0) is 8.32. The van der Waals surface area contributed by atoms with Crippen LogP contribution < -0.4 is 0 Å². The summed E-state index contributed by atoms with van der Waals surface area (Å²) in [5, 5.41) is 8.60. The van der Waals surface area contributed by atoms with Gasteiger partial charge in [0, 0.05) is 0 Å². The summed E-state index contributed by atoms with van der Waals surface area (Å²) in [5.41, 5.74) is 0. The maximum atomic E-state index is 10.4. The molecule has 1 saturated heterocycles. The van der Waals surface area contributed by atoms with Crippen molar-refractivity contribution in [2.24, 2.45) is 0 Å². The van der Waals surface area contributed by atoms with Crippen LogP contribution in [-0.2, 0) is 4.79 Å². The monoisotopic (exact) mass is 192 g/mol. The number of carboxylic acid groups (broad SMARTS) is 1. The maximum Gasteiger partial charge on any atom is 0.305 e. The first-order valence-electron chi connectivity index (χ1n) is 3.62. The van der Waals surface area contributed by atoms with Crippen molar-refractivity contribution in [2.75, 3.05) is 11.5 Å². The highest BCUT2D eigenvalue weighted by atomic mass is 32.2. The zero-order valence-corrected chi connectivity index (χ0v) is 8.13. The quantitative estimate of drug-likeness (QED) is 0.726. The third-order valence-electron chi connectivity index (χ3n) is 1.58. The smallest absolute Gasteiger partial charge is 0.305 e. The SMILES string of the molecule is CC1(CC(=O)O)SCCCS1. The fraction of sp³-hybridized carbons (Fsp3) is 0.857. The van der Waals surface area contributed by atoms with Crippen LogP contribution in [0.15, 0.2) is 0 Å². The minimum Gasteiger partial charge on any atom is -0.481 e. The summed E-state index contributed by atoms with van der Waals surface area (Å²) >= 11 is 3.55. The second kappa shape index (κ2) is 3.72. The first-order valence-corrected chi connectivity index (χ1v) is 5.59. The molecule has 1 N–H and O–H groups in total. The summed E-state index contributed by atoms with van der Waals surface area (Å²) in [6.07, 6.45) is 1.49. The average molecular weight is 192 g/mol. The molecule has 0 aromatic heterocycles. The topological polar surface area (TPSA) is 37.3 Å². The Labute approximate surface area is 75.1 Å². The molecule has 0 aliphatic carbocycles. The molecule has 0 amide bonds. The Hall–Kier alpha value is 0.170. The highest BCUT2D eigenvalue weighted by Gasteiger charge is 2.30. The number of rotatable bonds is 2. The number of aliphatic carboxylic acids is 1. The van der Waals surface area contributed by atoms with E-state index in [-0.39, 0.29) is 10.5 Å². The predicted octanol–water partition coefficient (Wildman–Crippen LogP) is 2.05. The van der Waals surface area contributed by atoms with E-state index in [0.717, 1.165) is 11.5 Å². The molecule has 0 spiro atoms. The molecule has 0 saturated carbocycles.